The summed E-state index contributed by atoms with van der Waals surface area (Å²) >= 11 is 0. The number of furan rings is 1. The number of carbonyl (C=O) groups is 3. The Morgan fingerprint density at radius 2 is 1.92 bits per heavy atom. The Morgan fingerprint density at radius 1 is 1.16 bits per heavy atom. The van der Waals surface area contributed by atoms with E-state index in [9.17, 15) is 14.4 Å². The largest absolute Gasteiger partial charge is 0.459 e. The minimum Gasteiger partial charge on any atom is -0.459 e. The second-order valence-corrected chi connectivity index (χ2v) is 6.27. The number of hydrogen-bond donors (Lipinski definition) is 1. The van der Waals surface area contributed by atoms with Gasteiger partial charge in [-0.15, -0.1) is 0 Å². The Bertz CT molecular complexity index is 602. The van der Waals surface area contributed by atoms with Crippen LogP contribution >= 0.6 is 0 Å². The summed E-state index contributed by atoms with van der Waals surface area (Å²) in [5.74, 6) is -0.371. The van der Waals surface area contributed by atoms with Gasteiger partial charge in [0.15, 0.2) is 5.76 Å². The van der Waals surface area contributed by atoms with E-state index in [2.05, 4.69) is 5.32 Å². The average molecular weight is 349 g/mol. The molecule has 8 heteroatoms. The number of amides is 3. The van der Waals surface area contributed by atoms with E-state index in [0.717, 1.165) is 19.4 Å². The quantitative estimate of drug-likeness (QED) is 0.770. The van der Waals surface area contributed by atoms with E-state index in [-0.39, 0.29) is 30.2 Å². The molecule has 0 saturated carbocycles. The zero-order chi connectivity index (χ0) is 17.6. The number of rotatable bonds is 5. The molecule has 25 heavy (non-hydrogen) atoms. The molecule has 0 bridgehead atoms. The second-order valence-electron chi connectivity index (χ2n) is 6.27. The predicted octanol–water partition coefficient (Wildman–Crippen LogP) is 0.249. The average Bonchev–Trinajstić information content (AvgIpc) is 3.33. The molecule has 1 atom stereocenters. The molecular weight excluding hydrogens is 326 g/mol. The van der Waals surface area contributed by atoms with Gasteiger partial charge in [0.25, 0.3) is 5.91 Å². The molecule has 0 radical (unpaired) electrons. The van der Waals surface area contributed by atoms with Crippen LogP contribution in [0.25, 0.3) is 0 Å². The van der Waals surface area contributed by atoms with E-state index in [1.807, 2.05) is 0 Å². The summed E-state index contributed by atoms with van der Waals surface area (Å²) in [7, 11) is 0. The summed E-state index contributed by atoms with van der Waals surface area (Å²) in [6, 6.07) is 3.29. The van der Waals surface area contributed by atoms with E-state index < -0.39 is 0 Å². The summed E-state index contributed by atoms with van der Waals surface area (Å²) in [5, 5.41) is 2.75. The van der Waals surface area contributed by atoms with Crippen molar-refractivity contribution in [3.8, 4) is 0 Å². The molecule has 1 aromatic heterocycles. The van der Waals surface area contributed by atoms with Crippen molar-refractivity contribution in [1.82, 2.24) is 15.1 Å². The number of carbonyl (C=O) groups excluding carboxylic acids is 3. The molecular formula is C17H23N3O5. The van der Waals surface area contributed by atoms with Gasteiger partial charge in [0.2, 0.25) is 11.8 Å². The molecule has 1 aromatic rings. The van der Waals surface area contributed by atoms with Crippen LogP contribution in [0.3, 0.4) is 0 Å². The fourth-order valence-electron chi connectivity index (χ4n) is 3.06. The van der Waals surface area contributed by atoms with Gasteiger partial charge >= 0.3 is 0 Å². The molecule has 0 spiro atoms. The maximum absolute atomic E-state index is 12.2. The van der Waals surface area contributed by atoms with Crippen molar-refractivity contribution in [2.45, 2.75) is 25.4 Å². The molecule has 8 nitrogen and oxygen atoms in total. The summed E-state index contributed by atoms with van der Waals surface area (Å²) in [6.07, 6.45) is 3.32. The molecule has 0 aromatic carbocycles. The number of hydrogen-bond acceptors (Lipinski definition) is 5. The van der Waals surface area contributed by atoms with Crippen LogP contribution < -0.4 is 5.32 Å². The first-order valence-corrected chi connectivity index (χ1v) is 8.62. The summed E-state index contributed by atoms with van der Waals surface area (Å²) < 4.78 is 10.5. The first-order valence-electron chi connectivity index (χ1n) is 8.62. The highest BCUT2D eigenvalue weighted by atomic mass is 16.5. The first-order chi connectivity index (χ1) is 12.1. The fraction of sp³-hybridized carbons (Fsp3) is 0.588. The van der Waals surface area contributed by atoms with Gasteiger partial charge in [-0.2, -0.15) is 0 Å². The molecule has 2 fully saturated rings. The van der Waals surface area contributed by atoms with Gasteiger partial charge in [0.05, 0.1) is 12.4 Å². The zero-order valence-corrected chi connectivity index (χ0v) is 14.1. The molecule has 2 aliphatic rings. The lowest BCUT2D eigenvalue weighted by Gasteiger charge is -2.34. The predicted molar refractivity (Wildman–Crippen MR) is 87.8 cm³/mol. The molecule has 0 aliphatic carbocycles. The maximum Gasteiger partial charge on any atom is 0.289 e. The second kappa shape index (κ2) is 8.15. The Kier molecular flexibility index (Phi) is 5.70. The maximum atomic E-state index is 12.2. The number of piperazine rings is 1. The highest BCUT2D eigenvalue weighted by molar-refractivity contribution is 5.97. The van der Waals surface area contributed by atoms with Crippen molar-refractivity contribution >= 4 is 17.7 Å². The van der Waals surface area contributed by atoms with Gasteiger partial charge in [-0.1, -0.05) is 0 Å². The molecule has 2 aliphatic heterocycles. The van der Waals surface area contributed by atoms with E-state index >= 15 is 0 Å². The molecule has 3 heterocycles. The Labute approximate surface area is 146 Å². The lowest BCUT2D eigenvalue weighted by atomic mass is 10.2. The monoisotopic (exact) mass is 349 g/mol. The zero-order valence-electron chi connectivity index (χ0n) is 14.1. The van der Waals surface area contributed by atoms with Crippen molar-refractivity contribution in [3.63, 3.8) is 0 Å². The van der Waals surface area contributed by atoms with Gasteiger partial charge in [-0.05, 0) is 25.0 Å². The summed E-state index contributed by atoms with van der Waals surface area (Å²) in [6.45, 7) is 2.90. The van der Waals surface area contributed by atoms with Crippen LogP contribution in [0.5, 0.6) is 0 Å². The van der Waals surface area contributed by atoms with Gasteiger partial charge < -0.3 is 24.3 Å². The van der Waals surface area contributed by atoms with Crippen molar-refractivity contribution in [1.29, 1.82) is 0 Å². The van der Waals surface area contributed by atoms with Gasteiger partial charge in [0.1, 0.15) is 6.42 Å². The lowest BCUT2D eigenvalue weighted by molar-refractivity contribution is -0.137. The topological polar surface area (TPSA) is 92.1 Å². The van der Waals surface area contributed by atoms with E-state index in [1.54, 1.807) is 21.9 Å². The SMILES string of the molecule is O=C(CC(=O)N1CCN(C(=O)c2ccco2)CC1)NCC1CCCO1. The molecule has 2 saturated heterocycles. The van der Waals surface area contributed by atoms with Crippen molar-refractivity contribution < 1.29 is 23.5 Å². The molecule has 3 rings (SSSR count). The minimum absolute atomic E-state index is 0.0650. The van der Waals surface area contributed by atoms with Crippen molar-refractivity contribution in [2.24, 2.45) is 0 Å². The third-order valence-electron chi connectivity index (χ3n) is 4.51. The Hall–Kier alpha value is -2.35. The fourth-order valence-corrected chi connectivity index (χ4v) is 3.06. The highest BCUT2D eigenvalue weighted by Gasteiger charge is 2.27. The van der Waals surface area contributed by atoms with Gasteiger partial charge in [-0.25, -0.2) is 0 Å². The molecule has 1 N–H and O–H groups in total. The van der Waals surface area contributed by atoms with E-state index in [0.29, 0.717) is 38.5 Å². The molecule has 136 valence electrons. The van der Waals surface area contributed by atoms with Gasteiger partial charge in [-0.3, -0.25) is 14.4 Å². The summed E-state index contributed by atoms with van der Waals surface area (Å²) in [5.41, 5.74) is 0. The van der Waals surface area contributed by atoms with Crippen LogP contribution in [0.15, 0.2) is 22.8 Å². The lowest BCUT2D eigenvalue weighted by Crippen LogP contribution is -2.51. The Morgan fingerprint density at radius 3 is 2.56 bits per heavy atom. The third-order valence-corrected chi connectivity index (χ3v) is 4.51. The van der Waals surface area contributed by atoms with E-state index in [4.69, 9.17) is 9.15 Å². The van der Waals surface area contributed by atoms with Crippen LogP contribution in [0.2, 0.25) is 0 Å². The number of ether oxygens (including phenoxy) is 1. The van der Waals surface area contributed by atoms with Crippen LogP contribution in [-0.4, -0.2) is 73.0 Å². The normalized spacial score (nSPS) is 20.6. The van der Waals surface area contributed by atoms with Crippen LogP contribution in [0, 0.1) is 0 Å². The molecule has 3 amide bonds. The third kappa shape index (κ3) is 4.60. The number of nitrogens with zero attached hydrogens (tertiary/aromatic N) is 2. The molecule has 1 unspecified atom stereocenters. The Balaban J connectivity index is 1.39. The first kappa shape index (κ1) is 17.5. The minimum atomic E-state index is -0.283. The van der Waals surface area contributed by atoms with Gasteiger partial charge in [0, 0.05) is 39.3 Å². The van der Waals surface area contributed by atoms with Crippen LogP contribution in [0.4, 0.5) is 0 Å². The van der Waals surface area contributed by atoms with Crippen molar-refractivity contribution in [2.75, 3.05) is 39.3 Å². The highest BCUT2D eigenvalue weighted by Crippen LogP contribution is 2.11. The van der Waals surface area contributed by atoms with E-state index in [1.165, 1.54) is 6.26 Å². The smallest absolute Gasteiger partial charge is 0.289 e. The van der Waals surface area contributed by atoms with Crippen molar-refractivity contribution in [3.05, 3.63) is 24.2 Å². The standard InChI is InChI=1S/C17H23N3O5/c21-15(18-12-13-3-1-9-24-13)11-16(22)19-5-7-20(8-6-19)17(23)14-4-2-10-25-14/h2,4,10,13H,1,3,5-9,11-12H2,(H,18,21). The number of nitrogens with one attached hydrogen (secondary N) is 1. The van der Waals surface area contributed by atoms with Crippen LogP contribution in [-0.2, 0) is 14.3 Å². The van der Waals surface area contributed by atoms with Crippen LogP contribution in [0.1, 0.15) is 29.8 Å². The summed E-state index contributed by atoms with van der Waals surface area (Å²) in [4.78, 5) is 39.6.